The molecule has 0 aliphatic carbocycles. The second-order valence-electron chi connectivity index (χ2n) is 5.37. The predicted molar refractivity (Wildman–Crippen MR) is 77.4 cm³/mol. The first-order chi connectivity index (χ1) is 9.54. The lowest BCUT2D eigenvalue weighted by Gasteiger charge is -2.38. The van der Waals surface area contributed by atoms with Gasteiger partial charge in [-0.05, 0) is 20.3 Å². The number of morpholine rings is 1. The van der Waals surface area contributed by atoms with Crippen molar-refractivity contribution < 1.29 is 9.47 Å². The van der Waals surface area contributed by atoms with Gasteiger partial charge in [0, 0.05) is 20.1 Å². The maximum absolute atomic E-state index is 5.71. The average Bonchev–Trinajstić information content (AvgIpc) is 2.43. The summed E-state index contributed by atoms with van der Waals surface area (Å²) in [6.07, 6.45) is 0.917. The standard InChI is InChI=1S/C13H23N5O2/c1-5-7-19-12-16-10(14-4)15-11(17-12)18-6-8-20-13(2,3)9-18/h5-9H2,1-4H3,(H,14,15,16,17). The number of rotatable bonds is 5. The van der Waals surface area contributed by atoms with Gasteiger partial charge >= 0.3 is 6.01 Å². The van der Waals surface area contributed by atoms with E-state index in [1.165, 1.54) is 0 Å². The Bertz CT molecular complexity index is 452. The third-order valence-corrected chi connectivity index (χ3v) is 2.97. The van der Waals surface area contributed by atoms with E-state index >= 15 is 0 Å². The molecule has 7 nitrogen and oxygen atoms in total. The quantitative estimate of drug-likeness (QED) is 0.872. The van der Waals surface area contributed by atoms with E-state index in [2.05, 4.69) is 39.0 Å². The molecule has 0 radical (unpaired) electrons. The van der Waals surface area contributed by atoms with Gasteiger partial charge in [-0.25, -0.2) is 0 Å². The van der Waals surface area contributed by atoms with E-state index in [0.29, 0.717) is 31.1 Å². The lowest BCUT2D eigenvalue weighted by Crippen LogP contribution is -2.49. The van der Waals surface area contributed by atoms with Crippen LogP contribution in [-0.2, 0) is 4.74 Å². The predicted octanol–water partition coefficient (Wildman–Crippen LogP) is 1.32. The molecule has 0 bridgehead atoms. The molecule has 1 aromatic heterocycles. The summed E-state index contributed by atoms with van der Waals surface area (Å²) in [5.74, 6) is 1.15. The molecule has 1 fully saturated rings. The van der Waals surface area contributed by atoms with Crippen LogP contribution in [0.1, 0.15) is 27.2 Å². The first-order valence-corrected chi connectivity index (χ1v) is 6.99. The molecule has 0 amide bonds. The lowest BCUT2D eigenvalue weighted by atomic mass is 10.1. The summed E-state index contributed by atoms with van der Waals surface area (Å²) >= 11 is 0. The highest BCUT2D eigenvalue weighted by molar-refractivity contribution is 5.38. The summed E-state index contributed by atoms with van der Waals surface area (Å²) < 4.78 is 11.2. The summed E-state index contributed by atoms with van der Waals surface area (Å²) in [6.45, 7) is 8.95. The van der Waals surface area contributed by atoms with Crippen LogP contribution >= 0.6 is 0 Å². The van der Waals surface area contributed by atoms with Crippen LogP contribution in [0.3, 0.4) is 0 Å². The summed E-state index contributed by atoms with van der Waals surface area (Å²) in [7, 11) is 1.78. The fourth-order valence-electron chi connectivity index (χ4n) is 2.04. The topological polar surface area (TPSA) is 72.4 Å². The second-order valence-corrected chi connectivity index (χ2v) is 5.37. The fraction of sp³-hybridized carbons (Fsp3) is 0.769. The van der Waals surface area contributed by atoms with Crippen LogP contribution < -0.4 is 15.0 Å². The minimum atomic E-state index is -0.199. The van der Waals surface area contributed by atoms with Gasteiger partial charge in [-0.15, -0.1) is 0 Å². The fourth-order valence-corrected chi connectivity index (χ4v) is 2.04. The Balaban J connectivity index is 2.21. The van der Waals surface area contributed by atoms with Gasteiger partial charge in [0.2, 0.25) is 11.9 Å². The summed E-state index contributed by atoms with van der Waals surface area (Å²) in [6, 6.07) is 0.366. The second kappa shape index (κ2) is 6.21. The smallest absolute Gasteiger partial charge is 0.323 e. The van der Waals surface area contributed by atoms with Crippen molar-refractivity contribution in [1.82, 2.24) is 15.0 Å². The molecule has 0 spiro atoms. The SMILES string of the molecule is CCCOc1nc(NC)nc(N2CCOC(C)(C)C2)n1. The molecule has 0 saturated carbocycles. The van der Waals surface area contributed by atoms with E-state index in [-0.39, 0.29) is 5.60 Å². The van der Waals surface area contributed by atoms with Gasteiger partial charge in [0.05, 0.1) is 18.8 Å². The number of hydrogen-bond acceptors (Lipinski definition) is 7. The molecule has 1 aromatic rings. The van der Waals surface area contributed by atoms with Crippen molar-refractivity contribution >= 4 is 11.9 Å². The molecule has 1 saturated heterocycles. The van der Waals surface area contributed by atoms with Crippen molar-refractivity contribution in [2.75, 3.05) is 43.6 Å². The third-order valence-electron chi connectivity index (χ3n) is 2.97. The summed E-state index contributed by atoms with van der Waals surface area (Å²) in [4.78, 5) is 15.1. The molecule has 1 N–H and O–H groups in total. The number of aromatic nitrogens is 3. The number of nitrogens with one attached hydrogen (secondary N) is 1. The van der Waals surface area contributed by atoms with Crippen molar-refractivity contribution in [3.63, 3.8) is 0 Å². The van der Waals surface area contributed by atoms with Crippen LogP contribution in [0.15, 0.2) is 0 Å². The highest BCUT2D eigenvalue weighted by Crippen LogP contribution is 2.22. The van der Waals surface area contributed by atoms with E-state index in [1.54, 1.807) is 7.05 Å². The van der Waals surface area contributed by atoms with E-state index in [1.807, 2.05) is 6.92 Å². The maximum atomic E-state index is 5.71. The van der Waals surface area contributed by atoms with Crippen molar-refractivity contribution in [3.05, 3.63) is 0 Å². The van der Waals surface area contributed by atoms with E-state index in [4.69, 9.17) is 9.47 Å². The summed E-state index contributed by atoms with van der Waals surface area (Å²) in [5.41, 5.74) is -0.199. The zero-order valence-corrected chi connectivity index (χ0v) is 12.6. The number of nitrogens with zero attached hydrogens (tertiary/aromatic N) is 4. The van der Waals surface area contributed by atoms with Crippen molar-refractivity contribution in [3.8, 4) is 6.01 Å². The molecule has 2 heterocycles. The zero-order chi connectivity index (χ0) is 14.6. The van der Waals surface area contributed by atoms with Crippen molar-refractivity contribution in [2.45, 2.75) is 32.8 Å². The molecular formula is C13H23N5O2. The van der Waals surface area contributed by atoms with Gasteiger partial charge in [-0.2, -0.15) is 15.0 Å². The normalized spacial score (nSPS) is 17.9. The largest absolute Gasteiger partial charge is 0.463 e. The molecular weight excluding hydrogens is 258 g/mol. The van der Waals surface area contributed by atoms with Crippen LogP contribution in [-0.4, -0.2) is 53.9 Å². The molecule has 0 unspecified atom stereocenters. The number of ether oxygens (including phenoxy) is 2. The minimum absolute atomic E-state index is 0.199. The first-order valence-electron chi connectivity index (χ1n) is 6.99. The highest BCUT2D eigenvalue weighted by atomic mass is 16.5. The Morgan fingerprint density at radius 2 is 2.15 bits per heavy atom. The van der Waals surface area contributed by atoms with Gasteiger partial charge in [0.15, 0.2) is 0 Å². The lowest BCUT2D eigenvalue weighted by molar-refractivity contribution is -0.0281. The molecule has 1 aliphatic heterocycles. The molecule has 20 heavy (non-hydrogen) atoms. The van der Waals surface area contributed by atoms with Crippen LogP contribution in [0.25, 0.3) is 0 Å². The monoisotopic (exact) mass is 281 g/mol. The van der Waals surface area contributed by atoms with Crippen LogP contribution in [0.4, 0.5) is 11.9 Å². The molecule has 112 valence electrons. The third kappa shape index (κ3) is 3.69. The zero-order valence-electron chi connectivity index (χ0n) is 12.6. The molecule has 2 rings (SSSR count). The van der Waals surface area contributed by atoms with Crippen LogP contribution in [0.2, 0.25) is 0 Å². The van der Waals surface area contributed by atoms with Crippen molar-refractivity contribution in [1.29, 1.82) is 0 Å². The number of hydrogen-bond donors (Lipinski definition) is 1. The van der Waals surface area contributed by atoms with Crippen LogP contribution in [0.5, 0.6) is 6.01 Å². The van der Waals surface area contributed by atoms with Gasteiger partial charge in [0.1, 0.15) is 0 Å². The molecule has 1 aliphatic rings. The Morgan fingerprint density at radius 3 is 2.80 bits per heavy atom. The molecule has 0 aromatic carbocycles. The van der Waals surface area contributed by atoms with E-state index in [9.17, 15) is 0 Å². The average molecular weight is 281 g/mol. The first kappa shape index (κ1) is 14.8. The Kier molecular flexibility index (Phi) is 4.59. The minimum Gasteiger partial charge on any atom is -0.463 e. The van der Waals surface area contributed by atoms with E-state index in [0.717, 1.165) is 19.5 Å². The Hall–Kier alpha value is -1.63. The number of anilines is 2. The van der Waals surface area contributed by atoms with Gasteiger partial charge in [-0.3, -0.25) is 0 Å². The Labute approximate surface area is 119 Å². The molecule has 7 heteroatoms. The van der Waals surface area contributed by atoms with Gasteiger partial charge in [-0.1, -0.05) is 6.92 Å². The highest BCUT2D eigenvalue weighted by Gasteiger charge is 2.29. The Morgan fingerprint density at radius 1 is 1.35 bits per heavy atom. The molecule has 0 atom stereocenters. The van der Waals surface area contributed by atoms with Gasteiger partial charge < -0.3 is 19.7 Å². The maximum Gasteiger partial charge on any atom is 0.323 e. The van der Waals surface area contributed by atoms with Crippen molar-refractivity contribution in [2.24, 2.45) is 0 Å². The van der Waals surface area contributed by atoms with Gasteiger partial charge in [0.25, 0.3) is 0 Å². The summed E-state index contributed by atoms with van der Waals surface area (Å²) in [5, 5.41) is 2.94. The van der Waals surface area contributed by atoms with E-state index < -0.39 is 0 Å². The van der Waals surface area contributed by atoms with Crippen LogP contribution in [0, 0.1) is 0 Å².